The molecule has 0 saturated carbocycles. The number of nitrogens with one attached hydrogen (secondary N) is 1. The van der Waals surface area contributed by atoms with Gasteiger partial charge in [0.25, 0.3) is 0 Å². The van der Waals surface area contributed by atoms with Gasteiger partial charge in [-0.1, -0.05) is 0 Å². The molecule has 3 heterocycles. The fourth-order valence-electron chi connectivity index (χ4n) is 2.66. The van der Waals surface area contributed by atoms with Crippen LogP contribution < -0.4 is 0 Å². The monoisotopic (exact) mass is 262 g/mol. The van der Waals surface area contributed by atoms with Gasteiger partial charge >= 0.3 is 0 Å². The molecule has 5 heteroatoms. The lowest BCUT2D eigenvalue weighted by atomic mass is 10.0. The minimum absolute atomic E-state index is 0.612. The van der Waals surface area contributed by atoms with E-state index in [2.05, 4.69) is 33.9 Å². The third-order valence-corrected chi connectivity index (χ3v) is 4.68. The molecule has 1 atom stereocenters. The highest BCUT2D eigenvalue weighted by molar-refractivity contribution is 7.09. The molecule has 1 aliphatic heterocycles. The zero-order valence-corrected chi connectivity index (χ0v) is 11.6. The van der Waals surface area contributed by atoms with Crippen LogP contribution in [0, 0.1) is 13.8 Å². The molecule has 2 aromatic heterocycles. The van der Waals surface area contributed by atoms with Crippen molar-refractivity contribution >= 4 is 11.3 Å². The van der Waals surface area contributed by atoms with Gasteiger partial charge in [0.2, 0.25) is 0 Å². The number of hydrogen-bond donors (Lipinski definition) is 1. The van der Waals surface area contributed by atoms with Gasteiger partial charge in [0.05, 0.1) is 17.4 Å². The zero-order valence-electron chi connectivity index (χ0n) is 10.8. The Labute approximate surface area is 111 Å². The molecule has 0 bridgehead atoms. The molecule has 1 saturated heterocycles. The fraction of sp³-hybridized carbons (Fsp3) is 0.538. The van der Waals surface area contributed by atoms with Crippen LogP contribution in [0.2, 0.25) is 0 Å². The highest BCUT2D eigenvalue weighted by atomic mass is 32.1. The third kappa shape index (κ3) is 2.20. The number of rotatable bonds is 3. The third-order valence-electron chi connectivity index (χ3n) is 3.76. The second-order valence-corrected chi connectivity index (χ2v) is 5.99. The molecule has 1 fully saturated rings. The standard InChI is InChI=1S/C13H18N4S/c1-9-5-15-16-13(9)11-3-4-17(6-11)7-12-10(2)14-8-18-12/h5,8,11H,3-4,6-7H2,1-2H3,(H,15,16)/t11-/m1/s1. The predicted octanol–water partition coefficient (Wildman–Crippen LogP) is 2.47. The minimum Gasteiger partial charge on any atom is -0.298 e. The number of likely N-dealkylation sites (tertiary alicyclic amines) is 1. The van der Waals surface area contributed by atoms with Crippen LogP contribution in [0.5, 0.6) is 0 Å². The Morgan fingerprint density at radius 3 is 3.06 bits per heavy atom. The first-order valence-electron chi connectivity index (χ1n) is 6.35. The Balaban J connectivity index is 1.66. The summed E-state index contributed by atoms with van der Waals surface area (Å²) in [5, 5.41) is 7.28. The Morgan fingerprint density at radius 2 is 2.39 bits per heavy atom. The van der Waals surface area contributed by atoms with Crippen molar-refractivity contribution in [2.75, 3.05) is 13.1 Å². The van der Waals surface area contributed by atoms with E-state index in [-0.39, 0.29) is 0 Å². The van der Waals surface area contributed by atoms with E-state index >= 15 is 0 Å². The van der Waals surface area contributed by atoms with Gasteiger partial charge in [0.15, 0.2) is 0 Å². The van der Waals surface area contributed by atoms with Gasteiger partial charge in [-0.3, -0.25) is 10.00 Å². The molecule has 0 spiro atoms. The van der Waals surface area contributed by atoms with Gasteiger partial charge in [-0.05, 0) is 32.4 Å². The van der Waals surface area contributed by atoms with Crippen LogP contribution in [-0.2, 0) is 6.54 Å². The van der Waals surface area contributed by atoms with Gasteiger partial charge in [-0.25, -0.2) is 4.98 Å². The smallest absolute Gasteiger partial charge is 0.0798 e. The number of aromatic amines is 1. The number of aryl methyl sites for hydroxylation is 2. The average molecular weight is 262 g/mol. The van der Waals surface area contributed by atoms with Crippen LogP contribution in [0.15, 0.2) is 11.7 Å². The molecule has 4 nitrogen and oxygen atoms in total. The van der Waals surface area contributed by atoms with Crippen molar-refractivity contribution in [1.82, 2.24) is 20.1 Å². The topological polar surface area (TPSA) is 44.8 Å². The summed E-state index contributed by atoms with van der Waals surface area (Å²) in [4.78, 5) is 8.24. The molecule has 0 aliphatic carbocycles. The number of nitrogens with zero attached hydrogens (tertiary/aromatic N) is 3. The quantitative estimate of drug-likeness (QED) is 0.924. The molecular formula is C13H18N4S. The minimum atomic E-state index is 0.612. The van der Waals surface area contributed by atoms with E-state index in [1.165, 1.54) is 34.8 Å². The van der Waals surface area contributed by atoms with Crippen LogP contribution >= 0.6 is 11.3 Å². The Bertz CT molecular complexity index is 531. The van der Waals surface area contributed by atoms with E-state index < -0.39 is 0 Å². The van der Waals surface area contributed by atoms with Crippen molar-refractivity contribution in [3.63, 3.8) is 0 Å². The molecule has 18 heavy (non-hydrogen) atoms. The highest BCUT2D eigenvalue weighted by Gasteiger charge is 2.26. The van der Waals surface area contributed by atoms with Crippen molar-refractivity contribution in [3.8, 4) is 0 Å². The van der Waals surface area contributed by atoms with Crippen LogP contribution in [0.4, 0.5) is 0 Å². The molecule has 0 radical (unpaired) electrons. The Kier molecular flexibility index (Phi) is 3.18. The first kappa shape index (κ1) is 11.9. The van der Waals surface area contributed by atoms with E-state index in [9.17, 15) is 0 Å². The Morgan fingerprint density at radius 1 is 1.50 bits per heavy atom. The summed E-state index contributed by atoms with van der Waals surface area (Å²) in [6.07, 6.45) is 3.15. The van der Waals surface area contributed by atoms with Crippen molar-refractivity contribution < 1.29 is 0 Å². The maximum atomic E-state index is 4.32. The summed E-state index contributed by atoms with van der Waals surface area (Å²) in [6.45, 7) is 7.56. The van der Waals surface area contributed by atoms with Crippen LogP contribution in [0.3, 0.4) is 0 Å². The maximum Gasteiger partial charge on any atom is 0.0798 e. The molecule has 0 unspecified atom stereocenters. The summed E-state index contributed by atoms with van der Waals surface area (Å²) in [5.74, 6) is 0.612. The van der Waals surface area contributed by atoms with Gasteiger partial charge in [-0.15, -0.1) is 11.3 Å². The average Bonchev–Trinajstić information content (AvgIpc) is 3.03. The second kappa shape index (κ2) is 4.82. The van der Waals surface area contributed by atoms with Crippen LogP contribution in [0.1, 0.15) is 34.2 Å². The van der Waals surface area contributed by atoms with Gasteiger partial charge < -0.3 is 0 Å². The highest BCUT2D eigenvalue weighted by Crippen LogP contribution is 2.29. The van der Waals surface area contributed by atoms with E-state index in [4.69, 9.17) is 0 Å². The fourth-order valence-corrected chi connectivity index (χ4v) is 3.48. The summed E-state index contributed by atoms with van der Waals surface area (Å²) in [7, 11) is 0. The van der Waals surface area contributed by atoms with Crippen molar-refractivity contribution in [3.05, 3.63) is 33.5 Å². The molecule has 1 N–H and O–H groups in total. The summed E-state index contributed by atoms with van der Waals surface area (Å²) < 4.78 is 0. The van der Waals surface area contributed by atoms with E-state index in [0.717, 1.165) is 13.1 Å². The van der Waals surface area contributed by atoms with Crippen molar-refractivity contribution in [2.45, 2.75) is 32.7 Å². The molecule has 3 rings (SSSR count). The second-order valence-electron chi connectivity index (χ2n) is 5.05. The summed E-state index contributed by atoms with van der Waals surface area (Å²) in [5.41, 5.74) is 5.73. The number of hydrogen-bond acceptors (Lipinski definition) is 4. The lowest BCUT2D eigenvalue weighted by molar-refractivity contribution is 0.328. The lowest BCUT2D eigenvalue weighted by Gasteiger charge is -2.15. The largest absolute Gasteiger partial charge is 0.298 e. The van der Waals surface area contributed by atoms with Crippen molar-refractivity contribution in [1.29, 1.82) is 0 Å². The van der Waals surface area contributed by atoms with Gasteiger partial charge in [-0.2, -0.15) is 5.10 Å². The molecule has 0 amide bonds. The molecule has 0 aromatic carbocycles. The number of aromatic nitrogens is 3. The number of thiazole rings is 1. The predicted molar refractivity (Wildman–Crippen MR) is 72.8 cm³/mol. The lowest BCUT2D eigenvalue weighted by Crippen LogP contribution is -2.19. The van der Waals surface area contributed by atoms with Crippen LogP contribution in [0.25, 0.3) is 0 Å². The van der Waals surface area contributed by atoms with Crippen molar-refractivity contribution in [2.24, 2.45) is 0 Å². The van der Waals surface area contributed by atoms with Gasteiger partial charge in [0.1, 0.15) is 0 Å². The first-order chi connectivity index (χ1) is 8.74. The molecular weight excluding hydrogens is 244 g/mol. The first-order valence-corrected chi connectivity index (χ1v) is 7.23. The SMILES string of the molecule is Cc1cn[nH]c1[C@@H]1CCN(Cc2scnc2C)C1. The van der Waals surface area contributed by atoms with Crippen LogP contribution in [-0.4, -0.2) is 33.2 Å². The summed E-state index contributed by atoms with van der Waals surface area (Å²) >= 11 is 1.77. The molecule has 2 aromatic rings. The maximum absolute atomic E-state index is 4.32. The Hall–Kier alpha value is -1.20. The van der Waals surface area contributed by atoms with E-state index in [1.807, 2.05) is 11.7 Å². The van der Waals surface area contributed by atoms with Gasteiger partial charge in [0, 0.05) is 29.6 Å². The summed E-state index contributed by atoms with van der Waals surface area (Å²) in [6, 6.07) is 0. The van der Waals surface area contributed by atoms with E-state index in [0.29, 0.717) is 5.92 Å². The molecule has 1 aliphatic rings. The normalized spacial score (nSPS) is 20.7. The zero-order chi connectivity index (χ0) is 12.5. The number of H-pyrrole nitrogens is 1. The van der Waals surface area contributed by atoms with E-state index in [1.54, 1.807) is 11.3 Å². The molecule has 96 valence electrons.